The third kappa shape index (κ3) is 3.85. The SMILES string of the molecule is Bc1ccc2c(C(O)(C(F)(F)F)C(F)(F)F)c(CCc3ccc(Cl)cc3)[nH]c2c1. The number of rotatable bonds is 4. The summed E-state index contributed by atoms with van der Waals surface area (Å²) in [6.45, 7) is 0. The second-order valence-electron chi connectivity index (χ2n) is 6.86. The zero-order chi connectivity index (χ0) is 21.6. The van der Waals surface area contributed by atoms with Gasteiger partial charge in [-0.25, -0.2) is 0 Å². The maximum Gasteiger partial charge on any atom is 0.430 e. The molecule has 0 bridgehead atoms. The molecule has 0 aliphatic rings. The molecule has 0 spiro atoms. The molecule has 0 amide bonds. The van der Waals surface area contributed by atoms with E-state index in [1.54, 1.807) is 32.1 Å². The Kier molecular flexibility index (Phi) is 5.42. The fourth-order valence-electron chi connectivity index (χ4n) is 3.33. The van der Waals surface area contributed by atoms with E-state index in [2.05, 4.69) is 4.98 Å². The van der Waals surface area contributed by atoms with Crippen LogP contribution in [0.5, 0.6) is 0 Å². The van der Waals surface area contributed by atoms with Crippen molar-refractivity contribution in [2.45, 2.75) is 30.8 Å². The summed E-state index contributed by atoms with van der Waals surface area (Å²) in [4.78, 5) is 2.65. The number of hydrogen-bond acceptors (Lipinski definition) is 1. The van der Waals surface area contributed by atoms with Gasteiger partial charge in [-0.1, -0.05) is 41.3 Å². The van der Waals surface area contributed by atoms with Crippen molar-refractivity contribution in [3.05, 3.63) is 64.3 Å². The van der Waals surface area contributed by atoms with E-state index in [4.69, 9.17) is 11.6 Å². The molecule has 0 saturated heterocycles. The Bertz CT molecular complexity index is 1010. The second kappa shape index (κ2) is 7.29. The van der Waals surface area contributed by atoms with E-state index in [-0.39, 0.29) is 29.4 Å². The van der Waals surface area contributed by atoms with Gasteiger partial charge in [0, 0.05) is 27.2 Å². The number of aryl methyl sites for hydroxylation is 2. The summed E-state index contributed by atoms with van der Waals surface area (Å²) in [6.07, 6.45) is -11.9. The fraction of sp³-hybridized carbons (Fsp3) is 0.263. The van der Waals surface area contributed by atoms with Crippen LogP contribution in [0.1, 0.15) is 16.8 Å². The quantitative estimate of drug-likeness (QED) is 0.470. The number of benzene rings is 2. The highest BCUT2D eigenvalue weighted by atomic mass is 35.5. The van der Waals surface area contributed by atoms with Crippen LogP contribution in [-0.2, 0) is 18.4 Å². The topological polar surface area (TPSA) is 36.0 Å². The zero-order valence-electron chi connectivity index (χ0n) is 15.0. The molecule has 0 atom stereocenters. The van der Waals surface area contributed by atoms with Crippen molar-refractivity contribution in [2.24, 2.45) is 0 Å². The van der Waals surface area contributed by atoms with Gasteiger partial charge in [-0.15, -0.1) is 0 Å². The summed E-state index contributed by atoms with van der Waals surface area (Å²) in [5, 5.41) is 10.2. The van der Waals surface area contributed by atoms with E-state index in [9.17, 15) is 31.4 Å². The van der Waals surface area contributed by atoms with E-state index in [1.807, 2.05) is 0 Å². The number of alkyl halides is 6. The Morgan fingerprint density at radius 2 is 1.48 bits per heavy atom. The molecule has 0 fully saturated rings. The van der Waals surface area contributed by atoms with Gasteiger partial charge in [-0.3, -0.25) is 0 Å². The van der Waals surface area contributed by atoms with E-state index < -0.39 is 23.5 Å². The van der Waals surface area contributed by atoms with Gasteiger partial charge in [0.25, 0.3) is 5.60 Å². The molecular weight excluding hydrogens is 418 g/mol. The number of halogens is 7. The van der Waals surface area contributed by atoms with Crippen LogP contribution in [-0.4, -0.2) is 30.3 Å². The monoisotopic (exact) mass is 433 g/mol. The summed E-state index contributed by atoms with van der Waals surface area (Å²) in [7, 11) is 1.66. The molecule has 2 nitrogen and oxygen atoms in total. The van der Waals surface area contributed by atoms with Crippen LogP contribution in [0.4, 0.5) is 26.3 Å². The zero-order valence-corrected chi connectivity index (χ0v) is 15.8. The van der Waals surface area contributed by atoms with Crippen molar-refractivity contribution in [1.82, 2.24) is 4.98 Å². The van der Waals surface area contributed by atoms with E-state index in [1.165, 1.54) is 12.1 Å². The lowest BCUT2D eigenvalue weighted by molar-refractivity contribution is -0.375. The highest BCUT2D eigenvalue weighted by Crippen LogP contribution is 2.52. The normalized spacial score (nSPS) is 13.2. The number of aromatic amines is 1. The molecule has 3 rings (SSSR count). The second-order valence-corrected chi connectivity index (χ2v) is 7.30. The maximum atomic E-state index is 13.6. The number of aromatic nitrogens is 1. The van der Waals surface area contributed by atoms with Gasteiger partial charge < -0.3 is 10.1 Å². The largest absolute Gasteiger partial charge is 0.430 e. The molecule has 0 radical (unpaired) electrons. The molecule has 10 heteroatoms. The van der Waals surface area contributed by atoms with E-state index in [0.29, 0.717) is 16.0 Å². The molecule has 0 aliphatic heterocycles. The van der Waals surface area contributed by atoms with Crippen molar-refractivity contribution in [1.29, 1.82) is 0 Å². The first-order chi connectivity index (χ1) is 13.3. The van der Waals surface area contributed by atoms with Gasteiger partial charge in [0.15, 0.2) is 0 Å². The summed E-state index contributed by atoms with van der Waals surface area (Å²) < 4.78 is 81.4. The molecular formula is C19H15BClF6NO. The number of fused-ring (bicyclic) bond motifs is 1. The molecule has 154 valence electrons. The van der Waals surface area contributed by atoms with Crippen molar-refractivity contribution in [3.8, 4) is 0 Å². The lowest BCUT2D eigenvalue weighted by Crippen LogP contribution is -2.54. The first-order valence-corrected chi connectivity index (χ1v) is 8.94. The molecule has 0 unspecified atom stereocenters. The average Bonchev–Trinajstić information content (AvgIpc) is 2.96. The van der Waals surface area contributed by atoms with E-state index in [0.717, 1.165) is 6.07 Å². The summed E-state index contributed by atoms with van der Waals surface area (Å²) in [5.41, 5.74) is -5.10. The Balaban J connectivity index is 2.18. The third-order valence-corrected chi connectivity index (χ3v) is 5.04. The number of nitrogens with one attached hydrogen (secondary N) is 1. The van der Waals surface area contributed by atoms with Crippen molar-refractivity contribution in [3.63, 3.8) is 0 Å². The van der Waals surface area contributed by atoms with Crippen molar-refractivity contribution < 1.29 is 31.4 Å². The highest BCUT2D eigenvalue weighted by molar-refractivity contribution is 6.33. The Morgan fingerprint density at radius 3 is 2.03 bits per heavy atom. The lowest BCUT2D eigenvalue weighted by atomic mass is 9.87. The van der Waals surface area contributed by atoms with Crippen molar-refractivity contribution in [2.75, 3.05) is 0 Å². The minimum Gasteiger partial charge on any atom is -0.369 e. The van der Waals surface area contributed by atoms with Gasteiger partial charge in [-0.05, 0) is 36.6 Å². The molecule has 1 aromatic heterocycles. The summed E-state index contributed by atoms with van der Waals surface area (Å²) in [5.74, 6) is 0. The molecule has 3 aromatic rings. The number of H-pyrrole nitrogens is 1. The Labute approximate surface area is 167 Å². The Hall–Kier alpha value is -2.13. The van der Waals surface area contributed by atoms with Crippen LogP contribution in [0.25, 0.3) is 10.9 Å². The van der Waals surface area contributed by atoms with Gasteiger partial charge in [0.2, 0.25) is 0 Å². The maximum absolute atomic E-state index is 13.6. The standard InChI is InChI=1S/C19H15BClF6NO/c20-11-4-7-13-15(9-11)28-14(8-3-10-1-5-12(21)6-2-10)16(13)17(29,18(22,23)24)19(25,26)27/h1-2,4-7,9,28-29H,3,8,20H2. The van der Waals surface area contributed by atoms with Crippen LogP contribution in [0.3, 0.4) is 0 Å². The third-order valence-electron chi connectivity index (χ3n) is 4.79. The molecule has 2 N–H and O–H groups in total. The smallest absolute Gasteiger partial charge is 0.369 e. The lowest BCUT2D eigenvalue weighted by Gasteiger charge is -2.33. The number of hydrogen-bond donors (Lipinski definition) is 2. The van der Waals surface area contributed by atoms with Crippen LogP contribution in [0.2, 0.25) is 5.02 Å². The number of aliphatic hydroxyl groups is 1. The fourth-order valence-corrected chi connectivity index (χ4v) is 3.46. The van der Waals surface area contributed by atoms with Crippen LogP contribution >= 0.6 is 11.6 Å². The summed E-state index contributed by atoms with van der Waals surface area (Å²) in [6, 6.07) is 10.4. The van der Waals surface area contributed by atoms with E-state index >= 15 is 0 Å². The van der Waals surface area contributed by atoms with Crippen molar-refractivity contribution >= 4 is 35.8 Å². The Morgan fingerprint density at radius 1 is 0.897 bits per heavy atom. The van der Waals surface area contributed by atoms with Gasteiger partial charge in [0.05, 0.1) is 0 Å². The van der Waals surface area contributed by atoms with Gasteiger partial charge in [-0.2, -0.15) is 26.3 Å². The molecule has 0 aliphatic carbocycles. The molecule has 1 heterocycles. The molecule has 2 aromatic carbocycles. The van der Waals surface area contributed by atoms with Crippen LogP contribution in [0.15, 0.2) is 42.5 Å². The predicted octanol–water partition coefficient (Wildman–Crippen LogP) is 4.18. The molecule has 29 heavy (non-hydrogen) atoms. The summed E-state index contributed by atoms with van der Waals surface area (Å²) >= 11 is 5.79. The first-order valence-electron chi connectivity index (χ1n) is 8.56. The van der Waals surface area contributed by atoms with Gasteiger partial charge >= 0.3 is 12.4 Å². The van der Waals surface area contributed by atoms with Gasteiger partial charge in [0.1, 0.15) is 7.85 Å². The highest BCUT2D eigenvalue weighted by Gasteiger charge is 2.72. The average molecular weight is 434 g/mol. The molecule has 0 saturated carbocycles. The predicted molar refractivity (Wildman–Crippen MR) is 101 cm³/mol. The minimum absolute atomic E-state index is 0.0954. The first kappa shape index (κ1) is 21.6. The van der Waals surface area contributed by atoms with Crippen LogP contribution < -0.4 is 5.46 Å². The van der Waals surface area contributed by atoms with Crippen LogP contribution in [0, 0.1) is 0 Å². The minimum atomic E-state index is -5.96.